The maximum absolute atomic E-state index is 12.2. The molecule has 6 nitrogen and oxygen atoms in total. The molecule has 0 aliphatic carbocycles. The molecule has 104 valence electrons. The molecule has 1 aromatic rings. The molecule has 1 aromatic heterocycles. The Morgan fingerprint density at radius 1 is 1.44 bits per heavy atom. The van der Waals surface area contributed by atoms with Crippen molar-refractivity contribution in [1.29, 1.82) is 0 Å². The third kappa shape index (κ3) is 3.03. The van der Waals surface area contributed by atoms with E-state index in [0.29, 0.717) is 25.6 Å². The molecular weight excluding hydrogens is 276 g/mol. The van der Waals surface area contributed by atoms with Gasteiger partial charge in [0.25, 0.3) is 0 Å². The Morgan fingerprint density at radius 3 is 2.50 bits per heavy atom. The fraction of sp³-hybridized carbons (Fsp3) is 0.700. The van der Waals surface area contributed by atoms with Crippen LogP contribution in [0.25, 0.3) is 0 Å². The Balaban J connectivity index is 0.00000162. The number of piperidine rings is 1. The molecule has 0 aromatic carbocycles. The van der Waals surface area contributed by atoms with Gasteiger partial charge in [0.05, 0.1) is 6.20 Å². The van der Waals surface area contributed by atoms with Crippen molar-refractivity contribution in [1.82, 2.24) is 14.1 Å². The number of aromatic nitrogens is 2. The number of hydrogen-bond donors (Lipinski definition) is 1. The first-order valence-electron chi connectivity index (χ1n) is 5.73. The maximum Gasteiger partial charge on any atom is 0.246 e. The fourth-order valence-corrected chi connectivity index (χ4v) is 3.52. The molecule has 2 N–H and O–H groups in total. The molecule has 1 fully saturated rings. The van der Waals surface area contributed by atoms with Crippen LogP contribution in [0.15, 0.2) is 17.3 Å². The Morgan fingerprint density at radius 2 is 2.06 bits per heavy atom. The molecule has 0 saturated carbocycles. The summed E-state index contributed by atoms with van der Waals surface area (Å²) < 4.78 is 27.5. The van der Waals surface area contributed by atoms with Crippen LogP contribution in [0.4, 0.5) is 0 Å². The highest BCUT2D eigenvalue weighted by molar-refractivity contribution is 7.89. The van der Waals surface area contributed by atoms with E-state index in [-0.39, 0.29) is 17.3 Å². The number of halogens is 1. The zero-order valence-electron chi connectivity index (χ0n) is 10.3. The number of rotatable bonds is 3. The monoisotopic (exact) mass is 294 g/mol. The van der Waals surface area contributed by atoms with Gasteiger partial charge in [-0.05, 0) is 25.3 Å². The van der Waals surface area contributed by atoms with Crippen molar-refractivity contribution in [2.75, 3.05) is 19.6 Å². The molecule has 2 heterocycles. The van der Waals surface area contributed by atoms with Gasteiger partial charge >= 0.3 is 0 Å². The van der Waals surface area contributed by atoms with Crippen LogP contribution in [-0.4, -0.2) is 42.1 Å². The van der Waals surface area contributed by atoms with Gasteiger partial charge in [0, 0.05) is 26.3 Å². The van der Waals surface area contributed by atoms with Crippen molar-refractivity contribution < 1.29 is 8.42 Å². The molecule has 0 spiro atoms. The molecule has 8 heteroatoms. The predicted octanol–water partition coefficient (Wildman–Crippen LogP) is 0.201. The van der Waals surface area contributed by atoms with Gasteiger partial charge in [-0.25, -0.2) is 8.42 Å². The second-order valence-electron chi connectivity index (χ2n) is 4.43. The van der Waals surface area contributed by atoms with Crippen LogP contribution in [0.3, 0.4) is 0 Å². The van der Waals surface area contributed by atoms with Gasteiger partial charge < -0.3 is 5.73 Å². The zero-order valence-corrected chi connectivity index (χ0v) is 12.0. The molecule has 1 saturated heterocycles. The highest BCUT2D eigenvalue weighted by Crippen LogP contribution is 2.22. The van der Waals surface area contributed by atoms with Crippen molar-refractivity contribution in [3.8, 4) is 0 Å². The van der Waals surface area contributed by atoms with E-state index < -0.39 is 10.0 Å². The van der Waals surface area contributed by atoms with Crippen LogP contribution in [-0.2, 0) is 17.1 Å². The van der Waals surface area contributed by atoms with E-state index >= 15 is 0 Å². The largest absolute Gasteiger partial charge is 0.330 e. The minimum Gasteiger partial charge on any atom is -0.330 e. The Hall–Kier alpha value is -0.630. The highest BCUT2D eigenvalue weighted by atomic mass is 35.5. The van der Waals surface area contributed by atoms with Gasteiger partial charge in [-0.1, -0.05) is 0 Å². The fourth-order valence-electron chi connectivity index (χ4n) is 2.07. The number of nitrogens with zero attached hydrogens (tertiary/aromatic N) is 3. The van der Waals surface area contributed by atoms with Crippen LogP contribution in [0.2, 0.25) is 0 Å². The first kappa shape index (κ1) is 15.4. The lowest BCUT2D eigenvalue weighted by molar-refractivity contribution is 0.278. The van der Waals surface area contributed by atoms with Gasteiger partial charge in [0.1, 0.15) is 4.90 Å². The quantitative estimate of drug-likeness (QED) is 0.863. The number of nitrogens with two attached hydrogens (primary N) is 1. The normalized spacial score (nSPS) is 18.6. The van der Waals surface area contributed by atoms with E-state index in [1.807, 2.05) is 0 Å². The Bertz CT molecular complexity index is 480. The lowest BCUT2D eigenvalue weighted by atomic mass is 9.99. The van der Waals surface area contributed by atoms with Crippen LogP contribution < -0.4 is 5.73 Å². The van der Waals surface area contributed by atoms with Gasteiger partial charge in [0.15, 0.2) is 0 Å². The molecule has 0 amide bonds. The van der Waals surface area contributed by atoms with E-state index in [1.165, 1.54) is 21.4 Å². The standard InChI is InChI=1S/C10H18N4O2S.ClH/c1-13-8-10(7-12-13)17(15,16)14-4-2-9(6-11)3-5-14;/h7-9H,2-6,11H2,1H3;1H. The van der Waals surface area contributed by atoms with E-state index in [2.05, 4.69) is 5.10 Å². The number of sulfonamides is 1. The lowest BCUT2D eigenvalue weighted by Crippen LogP contribution is -2.39. The van der Waals surface area contributed by atoms with Crippen LogP contribution in [0.5, 0.6) is 0 Å². The van der Waals surface area contributed by atoms with Crippen LogP contribution >= 0.6 is 12.4 Å². The van der Waals surface area contributed by atoms with Gasteiger partial charge in [-0.15, -0.1) is 12.4 Å². The van der Waals surface area contributed by atoms with Crippen molar-refractivity contribution in [3.05, 3.63) is 12.4 Å². The van der Waals surface area contributed by atoms with Gasteiger partial charge in [-0.3, -0.25) is 4.68 Å². The minimum absolute atomic E-state index is 0. The molecule has 0 bridgehead atoms. The maximum atomic E-state index is 12.2. The smallest absolute Gasteiger partial charge is 0.246 e. The van der Waals surface area contributed by atoms with Crippen molar-refractivity contribution in [3.63, 3.8) is 0 Å². The second-order valence-corrected chi connectivity index (χ2v) is 6.37. The SMILES string of the molecule is Cl.Cn1cc(S(=O)(=O)N2CCC(CN)CC2)cn1. The lowest BCUT2D eigenvalue weighted by Gasteiger charge is -2.30. The Kier molecular flexibility index (Phi) is 5.15. The summed E-state index contributed by atoms with van der Waals surface area (Å²) in [5.41, 5.74) is 5.59. The molecular formula is C10H19ClN4O2S. The third-order valence-corrected chi connectivity index (χ3v) is 5.08. The van der Waals surface area contributed by atoms with E-state index in [0.717, 1.165) is 12.8 Å². The molecule has 0 atom stereocenters. The summed E-state index contributed by atoms with van der Waals surface area (Å²) >= 11 is 0. The number of aryl methyl sites for hydroxylation is 1. The highest BCUT2D eigenvalue weighted by Gasteiger charge is 2.29. The summed E-state index contributed by atoms with van der Waals surface area (Å²) in [6, 6.07) is 0. The summed E-state index contributed by atoms with van der Waals surface area (Å²) in [7, 11) is -1.66. The molecule has 1 aliphatic heterocycles. The minimum atomic E-state index is -3.36. The Labute approximate surface area is 114 Å². The zero-order chi connectivity index (χ0) is 12.5. The van der Waals surface area contributed by atoms with Gasteiger partial charge in [0.2, 0.25) is 10.0 Å². The van der Waals surface area contributed by atoms with Crippen molar-refractivity contribution in [2.24, 2.45) is 18.7 Å². The summed E-state index contributed by atoms with van der Waals surface area (Å²) in [5.74, 6) is 0.454. The predicted molar refractivity (Wildman–Crippen MR) is 71.0 cm³/mol. The van der Waals surface area contributed by atoms with Crippen molar-refractivity contribution >= 4 is 22.4 Å². The first-order valence-corrected chi connectivity index (χ1v) is 7.17. The summed E-state index contributed by atoms with van der Waals surface area (Å²) in [6.45, 7) is 1.75. The van der Waals surface area contributed by atoms with Gasteiger partial charge in [-0.2, -0.15) is 9.40 Å². The summed E-state index contributed by atoms with van der Waals surface area (Å²) in [5, 5.41) is 3.90. The van der Waals surface area contributed by atoms with E-state index in [9.17, 15) is 8.42 Å². The van der Waals surface area contributed by atoms with E-state index in [4.69, 9.17) is 5.73 Å². The summed E-state index contributed by atoms with van der Waals surface area (Å²) in [6.07, 6.45) is 4.61. The molecule has 2 rings (SSSR count). The van der Waals surface area contributed by atoms with Crippen LogP contribution in [0, 0.1) is 5.92 Å². The molecule has 1 aliphatic rings. The van der Waals surface area contributed by atoms with E-state index in [1.54, 1.807) is 7.05 Å². The second kappa shape index (κ2) is 6.01. The third-order valence-electron chi connectivity index (χ3n) is 3.23. The molecule has 0 unspecified atom stereocenters. The molecule has 0 radical (unpaired) electrons. The number of hydrogen-bond acceptors (Lipinski definition) is 4. The van der Waals surface area contributed by atoms with Crippen molar-refractivity contribution in [2.45, 2.75) is 17.7 Å². The average Bonchev–Trinajstić information content (AvgIpc) is 2.77. The average molecular weight is 295 g/mol. The topological polar surface area (TPSA) is 81.2 Å². The first-order chi connectivity index (χ1) is 8.04. The van der Waals surface area contributed by atoms with Crippen LogP contribution in [0.1, 0.15) is 12.8 Å². The molecule has 18 heavy (non-hydrogen) atoms. The summed E-state index contributed by atoms with van der Waals surface area (Å²) in [4.78, 5) is 0.270.